The van der Waals surface area contributed by atoms with Crippen molar-refractivity contribution in [3.8, 4) is 0 Å². The fraction of sp³-hybridized carbons (Fsp3) is 0.0769. The van der Waals surface area contributed by atoms with E-state index in [1.807, 2.05) is 72.8 Å². The highest BCUT2D eigenvalue weighted by Gasteiger charge is 2.18. The molecule has 4 nitrogen and oxygen atoms in total. The Kier molecular flexibility index (Phi) is 6.57. The van der Waals surface area contributed by atoms with Gasteiger partial charge in [-0.2, -0.15) is 0 Å². The Labute approximate surface area is 214 Å². The topological polar surface area (TPSA) is 58.2 Å². The molecule has 0 spiro atoms. The molecule has 34 heavy (non-hydrogen) atoms. The summed E-state index contributed by atoms with van der Waals surface area (Å²) in [4.78, 5) is 26.4. The SMILES string of the molecule is O=C(NCc1cccc(CNC(=O)c2sc3ccccc3c2Cl)c1)c1sc2ccccc2c1Cl. The number of hydrogen-bond acceptors (Lipinski definition) is 4. The van der Waals surface area contributed by atoms with E-state index in [-0.39, 0.29) is 11.8 Å². The third-order valence-electron chi connectivity index (χ3n) is 5.38. The summed E-state index contributed by atoms with van der Waals surface area (Å²) < 4.78 is 1.96. The van der Waals surface area contributed by atoms with Gasteiger partial charge in [-0.1, -0.05) is 83.9 Å². The molecule has 0 radical (unpaired) electrons. The summed E-state index contributed by atoms with van der Waals surface area (Å²) in [5, 5.41) is 8.61. The molecule has 0 aliphatic rings. The molecule has 5 aromatic rings. The molecule has 0 aliphatic heterocycles. The van der Waals surface area contributed by atoms with E-state index in [0.29, 0.717) is 32.9 Å². The van der Waals surface area contributed by atoms with Crippen LogP contribution in [0.15, 0.2) is 72.8 Å². The molecule has 2 N–H and O–H groups in total. The summed E-state index contributed by atoms with van der Waals surface area (Å²) in [5.74, 6) is -0.409. The van der Waals surface area contributed by atoms with E-state index in [0.717, 1.165) is 31.3 Å². The van der Waals surface area contributed by atoms with Gasteiger partial charge in [0.15, 0.2) is 0 Å². The first kappa shape index (κ1) is 22.9. The molecule has 2 amide bonds. The summed E-state index contributed by atoms with van der Waals surface area (Å²) in [5.41, 5.74) is 1.86. The van der Waals surface area contributed by atoms with E-state index < -0.39 is 0 Å². The van der Waals surface area contributed by atoms with Crippen molar-refractivity contribution in [1.82, 2.24) is 10.6 Å². The van der Waals surface area contributed by atoms with Crippen LogP contribution in [0.2, 0.25) is 10.0 Å². The van der Waals surface area contributed by atoms with Crippen molar-refractivity contribution >= 4 is 77.9 Å². The number of benzene rings is 3. The van der Waals surface area contributed by atoms with Crippen molar-refractivity contribution in [3.63, 3.8) is 0 Å². The first-order valence-corrected chi connectivity index (χ1v) is 12.9. The van der Waals surface area contributed by atoms with Gasteiger partial charge in [-0.15, -0.1) is 22.7 Å². The number of rotatable bonds is 6. The molecule has 0 atom stereocenters. The van der Waals surface area contributed by atoms with Gasteiger partial charge in [-0.05, 0) is 23.3 Å². The van der Waals surface area contributed by atoms with Crippen LogP contribution < -0.4 is 10.6 Å². The van der Waals surface area contributed by atoms with Crippen LogP contribution in [0.4, 0.5) is 0 Å². The molecular weight excluding hydrogens is 507 g/mol. The number of amides is 2. The van der Waals surface area contributed by atoms with Crippen molar-refractivity contribution in [1.29, 1.82) is 0 Å². The summed E-state index contributed by atoms with van der Waals surface area (Å²) in [6.07, 6.45) is 0. The van der Waals surface area contributed by atoms with E-state index in [4.69, 9.17) is 23.2 Å². The molecule has 2 aromatic heterocycles. The van der Waals surface area contributed by atoms with Gasteiger partial charge in [-0.25, -0.2) is 0 Å². The van der Waals surface area contributed by atoms with E-state index >= 15 is 0 Å². The highest BCUT2D eigenvalue weighted by molar-refractivity contribution is 7.22. The van der Waals surface area contributed by atoms with Gasteiger partial charge in [0.05, 0.1) is 10.0 Å². The molecule has 3 aromatic carbocycles. The lowest BCUT2D eigenvalue weighted by molar-refractivity contribution is 0.0947. The first-order valence-electron chi connectivity index (χ1n) is 10.5. The summed E-state index contributed by atoms with van der Waals surface area (Å²) in [6, 6.07) is 23.1. The molecule has 8 heteroatoms. The third kappa shape index (κ3) is 4.55. The molecule has 5 rings (SSSR count). The lowest BCUT2D eigenvalue weighted by Gasteiger charge is -2.08. The molecule has 2 heterocycles. The standard InChI is InChI=1S/C26H18Cl2N2O2S2/c27-21-17-8-1-3-10-19(17)33-23(21)25(31)29-13-15-6-5-7-16(12-15)14-30-26(32)24-22(28)18-9-2-4-11-20(18)34-24/h1-12H,13-14H2,(H,29,31)(H,30,32). The molecule has 0 fully saturated rings. The van der Waals surface area contributed by atoms with E-state index in [9.17, 15) is 9.59 Å². The van der Waals surface area contributed by atoms with Crippen molar-refractivity contribution in [2.24, 2.45) is 0 Å². The molecule has 0 bridgehead atoms. The predicted molar refractivity (Wildman–Crippen MR) is 142 cm³/mol. The number of halogens is 2. The highest BCUT2D eigenvalue weighted by atomic mass is 35.5. The molecule has 0 aliphatic carbocycles. The number of carbonyl (C=O) groups is 2. The van der Waals surface area contributed by atoms with Gasteiger partial charge >= 0.3 is 0 Å². The van der Waals surface area contributed by atoms with Crippen molar-refractivity contribution < 1.29 is 9.59 Å². The average molecular weight is 525 g/mol. The zero-order valence-electron chi connectivity index (χ0n) is 17.7. The summed E-state index contributed by atoms with van der Waals surface area (Å²) in [7, 11) is 0. The molecule has 0 saturated heterocycles. The van der Waals surface area contributed by atoms with Crippen LogP contribution >= 0.6 is 45.9 Å². The van der Waals surface area contributed by atoms with Crippen LogP contribution in [-0.4, -0.2) is 11.8 Å². The zero-order chi connectivity index (χ0) is 23.7. The fourth-order valence-corrected chi connectivity index (χ4v) is 6.56. The first-order chi connectivity index (χ1) is 16.5. The Bertz CT molecular complexity index is 1430. The van der Waals surface area contributed by atoms with Crippen molar-refractivity contribution in [3.05, 3.63) is 104 Å². The van der Waals surface area contributed by atoms with Crippen LogP contribution in [0.1, 0.15) is 30.5 Å². The van der Waals surface area contributed by atoms with E-state index in [2.05, 4.69) is 10.6 Å². The molecular formula is C26H18Cl2N2O2S2. The van der Waals surface area contributed by atoms with Gasteiger partial charge in [-0.3, -0.25) is 9.59 Å². The van der Waals surface area contributed by atoms with Crippen LogP contribution in [0.3, 0.4) is 0 Å². The number of hydrogen-bond donors (Lipinski definition) is 2. The predicted octanol–water partition coefficient (Wildman–Crippen LogP) is 7.28. The Morgan fingerprint density at radius 1 is 0.647 bits per heavy atom. The molecule has 0 unspecified atom stereocenters. The fourth-order valence-electron chi connectivity index (χ4n) is 3.69. The molecule has 0 saturated carbocycles. The number of thiophene rings is 2. The number of nitrogens with one attached hydrogen (secondary N) is 2. The Morgan fingerprint density at radius 2 is 1.09 bits per heavy atom. The third-order valence-corrected chi connectivity index (χ3v) is 8.73. The summed E-state index contributed by atoms with van der Waals surface area (Å²) >= 11 is 15.6. The van der Waals surface area contributed by atoms with E-state index in [1.54, 1.807) is 0 Å². The lowest BCUT2D eigenvalue weighted by atomic mass is 10.1. The number of carbonyl (C=O) groups excluding carboxylic acids is 2. The smallest absolute Gasteiger partial charge is 0.263 e. The minimum atomic E-state index is -0.204. The van der Waals surface area contributed by atoms with Crippen LogP contribution in [0.25, 0.3) is 20.2 Å². The monoisotopic (exact) mass is 524 g/mol. The highest BCUT2D eigenvalue weighted by Crippen LogP contribution is 2.36. The Hall–Kier alpha value is -2.90. The minimum Gasteiger partial charge on any atom is -0.347 e. The largest absolute Gasteiger partial charge is 0.347 e. The Morgan fingerprint density at radius 3 is 1.53 bits per heavy atom. The maximum Gasteiger partial charge on any atom is 0.263 e. The Balaban J connectivity index is 1.23. The van der Waals surface area contributed by atoms with Gasteiger partial charge < -0.3 is 10.6 Å². The molecule has 170 valence electrons. The second-order valence-electron chi connectivity index (χ2n) is 7.67. The normalized spacial score (nSPS) is 11.1. The maximum atomic E-state index is 12.7. The lowest BCUT2D eigenvalue weighted by Crippen LogP contribution is -2.23. The quantitative estimate of drug-likeness (QED) is 0.245. The van der Waals surface area contributed by atoms with Crippen LogP contribution in [0, 0.1) is 0 Å². The van der Waals surface area contributed by atoms with Crippen LogP contribution in [-0.2, 0) is 13.1 Å². The van der Waals surface area contributed by atoms with E-state index in [1.165, 1.54) is 22.7 Å². The van der Waals surface area contributed by atoms with Crippen molar-refractivity contribution in [2.75, 3.05) is 0 Å². The number of fused-ring (bicyclic) bond motifs is 2. The second-order valence-corrected chi connectivity index (χ2v) is 10.5. The van der Waals surface area contributed by atoms with Gasteiger partial charge in [0, 0.05) is 33.3 Å². The zero-order valence-corrected chi connectivity index (χ0v) is 20.9. The maximum absolute atomic E-state index is 12.7. The average Bonchev–Trinajstić information content (AvgIpc) is 3.39. The van der Waals surface area contributed by atoms with Gasteiger partial charge in [0.1, 0.15) is 9.75 Å². The van der Waals surface area contributed by atoms with Gasteiger partial charge in [0.25, 0.3) is 11.8 Å². The van der Waals surface area contributed by atoms with Gasteiger partial charge in [0.2, 0.25) is 0 Å². The van der Waals surface area contributed by atoms with Crippen molar-refractivity contribution in [2.45, 2.75) is 13.1 Å². The van der Waals surface area contributed by atoms with Crippen LogP contribution in [0.5, 0.6) is 0 Å². The second kappa shape index (κ2) is 9.76. The summed E-state index contributed by atoms with van der Waals surface area (Å²) in [6.45, 7) is 0.709. The minimum absolute atomic E-state index is 0.204.